The second kappa shape index (κ2) is 6.86. The molecule has 1 aliphatic rings. The standard InChI is InChI=1S/C12H23NO3/c1-4-15-8-10(3)16-12(14)11-5-6-13-9(2)7-11/h9-11,13H,4-8H2,1-3H3. The highest BCUT2D eigenvalue weighted by Crippen LogP contribution is 2.18. The van der Waals surface area contributed by atoms with E-state index < -0.39 is 0 Å². The van der Waals surface area contributed by atoms with E-state index >= 15 is 0 Å². The second-order valence-corrected chi connectivity index (χ2v) is 4.48. The summed E-state index contributed by atoms with van der Waals surface area (Å²) in [6, 6.07) is 0.411. The van der Waals surface area contributed by atoms with Gasteiger partial charge in [-0.05, 0) is 40.2 Å². The fourth-order valence-corrected chi connectivity index (χ4v) is 1.96. The first-order valence-electron chi connectivity index (χ1n) is 6.15. The Labute approximate surface area is 97.7 Å². The summed E-state index contributed by atoms with van der Waals surface area (Å²) in [5.41, 5.74) is 0. The molecule has 1 rings (SSSR count). The Bertz CT molecular complexity index is 220. The van der Waals surface area contributed by atoms with E-state index in [0.29, 0.717) is 19.3 Å². The lowest BCUT2D eigenvalue weighted by molar-refractivity contribution is -0.157. The van der Waals surface area contributed by atoms with Gasteiger partial charge < -0.3 is 14.8 Å². The number of nitrogens with one attached hydrogen (secondary N) is 1. The predicted octanol–water partition coefficient (Wildman–Crippen LogP) is 1.34. The smallest absolute Gasteiger partial charge is 0.309 e. The Morgan fingerprint density at radius 3 is 2.94 bits per heavy atom. The van der Waals surface area contributed by atoms with Gasteiger partial charge in [0, 0.05) is 12.6 Å². The first kappa shape index (κ1) is 13.5. The normalized spacial score (nSPS) is 27.4. The van der Waals surface area contributed by atoms with Crippen LogP contribution in [0.5, 0.6) is 0 Å². The summed E-state index contributed by atoms with van der Waals surface area (Å²) in [6.07, 6.45) is 1.61. The lowest BCUT2D eigenvalue weighted by Crippen LogP contribution is -2.40. The van der Waals surface area contributed by atoms with Crippen LogP contribution in [0.15, 0.2) is 0 Å². The molecular weight excluding hydrogens is 206 g/mol. The third-order valence-corrected chi connectivity index (χ3v) is 2.83. The monoisotopic (exact) mass is 229 g/mol. The van der Waals surface area contributed by atoms with E-state index in [-0.39, 0.29) is 18.0 Å². The van der Waals surface area contributed by atoms with Crippen LogP contribution in [0.25, 0.3) is 0 Å². The van der Waals surface area contributed by atoms with E-state index in [1.807, 2.05) is 13.8 Å². The number of hydrogen-bond acceptors (Lipinski definition) is 4. The molecule has 1 aliphatic heterocycles. The zero-order valence-electron chi connectivity index (χ0n) is 10.5. The Morgan fingerprint density at radius 1 is 1.56 bits per heavy atom. The summed E-state index contributed by atoms with van der Waals surface area (Å²) in [5.74, 6) is -0.0131. The van der Waals surface area contributed by atoms with Crippen molar-refractivity contribution in [1.29, 1.82) is 0 Å². The molecule has 4 nitrogen and oxygen atoms in total. The zero-order chi connectivity index (χ0) is 12.0. The van der Waals surface area contributed by atoms with Crippen LogP contribution in [0.1, 0.15) is 33.6 Å². The fourth-order valence-electron chi connectivity index (χ4n) is 1.96. The summed E-state index contributed by atoms with van der Waals surface area (Å²) in [7, 11) is 0. The number of carbonyl (C=O) groups excluding carboxylic acids is 1. The van der Waals surface area contributed by atoms with Crippen LogP contribution in [-0.2, 0) is 14.3 Å². The van der Waals surface area contributed by atoms with Gasteiger partial charge in [0.15, 0.2) is 0 Å². The van der Waals surface area contributed by atoms with Crippen LogP contribution in [0.2, 0.25) is 0 Å². The lowest BCUT2D eigenvalue weighted by Gasteiger charge is -2.27. The van der Waals surface area contributed by atoms with Crippen LogP contribution in [-0.4, -0.2) is 37.9 Å². The maximum absolute atomic E-state index is 11.8. The van der Waals surface area contributed by atoms with Crippen LogP contribution in [0.4, 0.5) is 0 Å². The van der Waals surface area contributed by atoms with Crippen molar-refractivity contribution >= 4 is 5.97 Å². The average molecular weight is 229 g/mol. The van der Waals surface area contributed by atoms with Crippen LogP contribution < -0.4 is 5.32 Å². The molecule has 0 saturated carbocycles. The molecule has 3 atom stereocenters. The van der Waals surface area contributed by atoms with E-state index in [4.69, 9.17) is 9.47 Å². The number of hydrogen-bond donors (Lipinski definition) is 1. The summed E-state index contributed by atoms with van der Waals surface area (Å²) < 4.78 is 10.6. The molecule has 0 aromatic carbocycles. The summed E-state index contributed by atoms with van der Waals surface area (Å²) >= 11 is 0. The highest BCUT2D eigenvalue weighted by atomic mass is 16.6. The molecule has 1 N–H and O–H groups in total. The molecule has 3 unspecified atom stereocenters. The van der Waals surface area contributed by atoms with Gasteiger partial charge in [-0.1, -0.05) is 0 Å². The Balaban J connectivity index is 2.27. The molecule has 1 heterocycles. The topological polar surface area (TPSA) is 47.6 Å². The minimum Gasteiger partial charge on any atom is -0.460 e. The summed E-state index contributed by atoms with van der Waals surface area (Å²) in [6.45, 7) is 7.96. The van der Waals surface area contributed by atoms with Crippen molar-refractivity contribution in [3.05, 3.63) is 0 Å². The number of carbonyl (C=O) groups is 1. The first-order chi connectivity index (χ1) is 7.63. The number of esters is 1. The van der Waals surface area contributed by atoms with E-state index in [0.717, 1.165) is 19.4 Å². The summed E-state index contributed by atoms with van der Waals surface area (Å²) in [4.78, 5) is 11.8. The molecule has 0 radical (unpaired) electrons. The van der Waals surface area contributed by atoms with Crippen molar-refractivity contribution in [2.75, 3.05) is 19.8 Å². The fraction of sp³-hybridized carbons (Fsp3) is 0.917. The highest BCUT2D eigenvalue weighted by Gasteiger charge is 2.26. The molecule has 1 fully saturated rings. The molecule has 0 spiro atoms. The molecule has 0 aromatic heterocycles. The Kier molecular flexibility index (Phi) is 5.77. The first-order valence-corrected chi connectivity index (χ1v) is 6.15. The highest BCUT2D eigenvalue weighted by molar-refractivity contribution is 5.72. The van der Waals surface area contributed by atoms with E-state index in [1.54, 1.807) is 0 Å². The van der Waals surface area contributed by atoms with Gasteiger partial charge in [-0.3, -0.25) is 4.79 Å². The Hall–Kier alpha value is -0.610. The summed E-state index contributed by atoms with van der Waals surface area (Å²) in [5, 5.41) is 3.32. The zero-order valence-corrected chi connectivity index (χ0v) is 10.5. The van der Waals surface area contributed by atoms with Gasteiger partial charge in [0.05, 0.1) is 12.5 Å². The van der Waals surface area contributed by atoms with Crippen LogP contribution >= 0.6 is 0 Å². The van der Waals surface area contributed by atoms with E-state index in [1.165, 1.54) is 0 Å². The largest absolute Gasteiger partial charge is 0.460 e. The molecule has 16 heavy (non-hydrogen) atoms. The SMILES string of the molecule is CCOCC(C)OC(=O)C1CCNC(C)C1. The lowest BCUT2D eigenvalue weighted by atomic mass is 9.93. The van der Waals surface area contributed by atoms with Gasteiger partial charge in [0.1, 0.15) is 6.10 Å². The van der Waals surface area contributed by atoms with Crippen molar-refractivity contribution in [3.63, 3.8) is 0 Å². The molecule has 4 heteroatoms. The maximum atomic E-state index is 11.8. The number of rotatable bonds is 5. The second-order valence-electron chi connectivity index (χ2n) is 4.48. The van der Waals surface area contributed by atoms with Gasteiger partial charge in [-0.25, -0.2) is 0 Å². The molecule has 0 aromatic rings. The van der Waals surface area contributed by atoms with Crippen molar-refractivity contribution in [2.24, 2.45) is 5.92 Å². The van der Waals surface area contributed by atoms with Gasteiger partial charge in [0.25, 0.3) is 0 Å². The van der Waals surface area contributed by atoms with Crippen molar-refractivity contribution in [2.45, 2.75) is 45.8 Å². The maximum Gasteiger partial charge on any atom is 0.309 e. The van der Waals surface area contributed by atoms with Gasteiger partial charge >= 0.3 is 5.97 Å². The van der Waals surface area contributed by atoms with E-state index in [9.17, 15) is 4.79 Å². The third-order valence-electron chi connectivity index (χ3n) is 2.83. The third kappa shape index (κ3) is 4.49. The number of piperidine rings is 1. The molecule has 94 valence electrons. The minimum absolute atomic E-state index is 0.0559. The average Bonchev–Trinajstić information content (AvgIpc) is 2.26. The minimum atomic E-state index is -0.141. The predicted molar refractivity (Wildman–Crippen MR) is 62.2 cm³/mol. The van der Waals surface area contributed by atoms with Crippen LogP contribution in [0.3, 0.4) is 0 Å². The van der Waals surface area contributed by atoms with E-state index in [2.05, 4.69) is 12.2 Å². The molecule has 1 saturated heterocycles. The van der Waals surface area contributed by atoms with Crippen molar-refractivity contribution in [3.8, 4) is 0 Å². The number of ether oxygens (including phenoxy) is 2. The molecule has 0 bridgehead atoms. The van der Waals surface area contributed by atoms with Gasteiger partial charge in [-0.15, -0.1) is 0 Å². The molecule has 0 aliphatic carbocycles. The Morgan fingerprint density at radius 2 is 2.31 bits per heavy atom. The quantitative estimate of drug-likeness (QED) is 0.723. The molecular formula is C12H23NO3. The van der Waals surface area contributed by atoms with Crippen LogP contribution in [0, 0.1) is 5.92 Å². The van der Waals surface area contributed by atoms with Gasteiger partial charge in [-0.2, -0.15) is 0 Å². The van der Waals surface area contributed by atoms with Crippen molar-refractivity contribution < 1.29 is 14.3 Å². The van der Waals surface area contributed by atoms with Gasteiger partial charge in [0.2, 0.25) is 0 Å². The molecule has 0 amide bonds. The van der Waals surface area contributed by atoms with Crippen molar-refractivity contribution in [1.82, 2.24) is 5.32 Å².